The molecular formula is C16H19NO. The van der Waals surface area contributed by atoms with Crippen molar-refractivity contribution in [2.24, 2.45) is 5.73 Å². The summed E-state index contributed by atoms with van der Waals surface area (Å²) in [7, 11) is 0. The predicted molar refractivity (Wildman–Crippen MR) is 74.3 cm³/mol. The van der Waals surface area contributed by atoms with Crippen LogP contribution in [-0.2, 0) is 6.42 Å². The lowest BCUT2D eigenvalue weighted by Crippen LogP contribution is -2.01. The molecule has 2 aromatic rings. The van der Waals surface area contributed by atoms with Gasteiger partial charge in [-0.15, -0.1) is 0 Å². The van der Waals surface area contributed by atoms with Crippen molar-refractivity contribution in [1.82, 2.24) is 0 Å². The Balaban J connectivity index is 2.09. The summed E-state index contributed by atoms with van der Waals surface area (Å²) in [5.74, 6) is 0. The first-order chi connectivity index (χ1) is 8.81. The van der Waals surface area contributed by atoms with E-state index in [2.05, 4.69) is 12.1 Å². The molecule has 2 nitrogen and oxygen atoms in total. The summed E-state index contributed by atoms with van der Waals surface area (Å²) in [6.45, 7) is 0.717. The SMILES string of the molecule is NCCCc1ccc(C(O)c2ccccc2)cc1. The fraction of sp³-hybridized carbons (Fsp3) is 0.250. The third-order valence-electron chi connectivity index (χ3n) is 3.08. The van der Waals surface area contributed by atoms with Gasteiger partial charge in [-0.3, -0.25) is 0 Å². The maximum absolute atomic E-state index is 10.2. The van der Waals surface area contributed by atoms with Crippen LogP contribution in [0, 0.1) is 0 Å². The molecule has 1 unspecified atom stereocenters. The van der Waals surface area contributed by atoms with E-state index in [0.29, 0.717) is 6.54 Å². The zero-order valence-electron chi connectivity index (χ0n) is 10.4. The lowest BCUT2D eigenvalue weighted by Gasteiger charge is -2.12. The molecule has 0 saturated carbocycles. The van der Waals surface area contributed by atoms with Crippen LogP contribution in [0.15, 0.2) is 54.6 Å². The largest absolute Gasteiger partial charge is 0.384 e. The molecule has 0 amide bonds. The number of aliphatic hydroxyl groups excluding tert-OH is 1. The molecule has 1 atom stereocenters. The minimum atomic E-state index is -0.547. The Hall–Kier alpha value is -1.64. The number of nitrogens with two attached hydrogens (primary N) is 1. The van der Waals surface area contributed by atoms with Crippen LogP contribution in [0.2, 0.25) is 0 Å². The summed E-state index contributed by atoms with van der Waals surface area (Å²) in [6, 6.07) is 17.8. The van der Waals surface area contributed by atoms with E-state index in [0.717, 1.165) is 24.0 Å². The second-order valence-electron chi connectivity index (χ2n) is 4.45. The van der Waals surface area contributed by atoms with E-state index in [-0.39, 0.29) is 0 Å². The summed E-state index contributed by atoms with van der Waals surface area (Å²) in [4.78, 5) is 0. The Morgan fingerprint density at radius 2 is 1.50 bits per heavy atom. The molecule has 2 aromatic carbocycles. The molecule has 18 heavy (non-hydrogen) atoms. The van der Waals surface area contributed by atoms with E-state index < -0.39 is 6.10 Å². The zero-order valence-corrected chi connectivity index (χ0v) is 10.4. The minimum Gasteiger partial charge on any atom is -0.384 e. The number of hydrogen-bond acceptors (Lipinski definition) is 2. The molecule has 0 fully saturated rings. The fourth-order valence-corrected chi connectivity index (χ4v) is 2.00. The van der Waals surface area contributed by atoms with Crippen molar-refractivity contribution < 1.29 is 5.11 Å². The number of hydrogen-bond donors (Lipinski definition) is 2. The van der Waals surface area contributed by atoms with Crippen LogP contribution >= 0.6 is 0 Å². The predicted octanol–water partition coefficient (Wildman–Crippen LogP) is 2.66. The minimum absolute atomic E-state index is 0.547. The quantitative estimate of drug-likeness (QED) is 0.845. The van der Waals surface area contributed by atoms with Crippen LogP contribution in [-0.4, -0.2) is 11.7 Å². The highest BCUT2D eigenvalue weighted by molar-refractivity contribution is 5.31. The monoisotopic (exact) mass is 241 g/mol. The van der Waals surface area contributed by atoms with Gasteiger partial charge in [-0.2, -0.15) is 0 Å². The van der Waals surface area contributed by atoms with Gasteiger partial charge in [0, 0.05) is 0 Å². The van der Waals surface area contributed by atoms with Crippen LogP contribution in [0.25, 0.3) is 0 Å². The second-order valence-corrected chi connectivity index (χ2v) is 4.45. The van der Waals surface area contributed by atoms with Crippen molar-refractivity contribution in [1.29, 1.82) is 0 Å². The van der Waals surface area contributed by atoms with Gasteiger partial charge in [0.05, 0.1) is 0 Å². The highest BCUT2D eigenvalue weighted by Crippen LogP contribution is 2.22. The summed E-state index contributed by atoms with van der Waals surface area (Å²) in [5.41, 5.74) is 8.61. The highest BCUT2D eigenvalue weighted by Gasteiger charge is 2.09. The molecule has 2 rings (SSSR count). The van der Waals surface area contributed by atoms with Crippen LogP contribution in [0.3, 0.4) is 0 Å². The molecule has 0 radical (unpaired) electrons. The molecule has 0 bridgehead atoms. The van der Waals surface area contributed by atoms with Crippen molar-refractivity contribution in [3.05, 3.63) is 71.3 Å². The molecular weight excluding hydrogens is 222 g/mol. The lowest BCUT2D eigenvalue weighted by molar-refractivity contribution is 0.220. The molecule has 2 heteroatoms. The fourth-order valence-electron chi connectivity index (χ4n) is 2.00. The topological polar surface area (TPSA) is 46.2 Å². The molecule has 0 aliphatic heterocycles. The van der Waals surface area contributed by atoms with Gasteiger partial charge in [-0.25, -0.2) is 0 Å². The van der Waals surface area contributed by atoms with Gasteiger partial charge < -0.3 is 10.8 Å². The first-order valence-corrected chi connectivity index (χ1v) is 6.33. The van der Waals surface area contributed by atoms with Gasteiger partial charge in [-0.05, 0) is 36.1 Å². The normalized spacial score (nSPS) is 12.3. The number of aliphatic hydroxyl groups is 1. The molecule has 0 saturated heterocycles. The van der Waals surface area contributed by atoms with E-state index in [1.165, 1.54) is 5.56 Å². The van der Waals surface area contributed by atoms with Crippen molar-refractivity contribution in [3.8, 4) is 0 Å². The molecule has 0 aromatic heterocycles. The first kappa shape index (κ1) is 12.8. The standard InChI is InChI=1S/C16H19NO/c17-12-4-5-13-8-10-15(11-9-13)16(18)14-6-2-1-3-7-14/h1-3,6-11,16,18H,4-5,12,17H2. The Morgan fingerprint density at radius 1 is 0.889 bits per heavy atom. The molecule has 3 N–H and O–H groups in total. The van der Waals surface area contributed by atoms with Crippen molar-refractivity contribution in [2.75, 3.05) is 6.54 Å². The van der Waals surface area contributed by atoms with Crippen molar-refractivity contribution in [3.63, 3.8) is 0 Å². The third-order valence-corrected chi connectivity index (χ3v) is 3.08. The lowest BCUT2D eigenvalue weighted by atomic mass is 9.99. The van der Waals surface area contributed by atoms with Gasteiger partial charge in [0.1, 0.15) is 6.10 Å². The van der Waals surface area contributed by atoms with Gasteiger partial charge in [0.2, 0.25) is 0 Å². The van der Waals surface area contributed by atoms with Gasteiger partial charge in [-0.1, -0.05) is 54.6 Å². The average molecular weight is 241 g/mol. The molecule has 94 valence electrons. The zero-order chi connectivity index (χ0) is 12.8. The summed E-state index contributed by atoms with van der Waals surface area (Å²) in [6.07, 6.45) is 1.45. The molecule has 0 heterocycles. The number of rotatable bonds is 5. The van der Waals surface area contributed by atoms with Gasteiger partial charge in [0.15, 0.2) is 0 Å². The van der Waals surface area contributed by atoms with Crippen LogP contribution in [0.4, 0.5) is 0 Å². The molecule has 0 aliphatic rings. The molecule has 0 spiro atoms. The summed E-state index contributed by atoms with van der Waals surface area (Å²) >= 11 is 0. The highest BCUT2D eigenvalue weighted by atomic mass is 16.3. The van der Waals surface area contributed by atoms with E-state index in [4.69, 9.17) is 5.73 Å². The van der Waals surface area contributed by atoms with Crippen LogP contribution in [0.1, 0.15) is 29.2 Å². The van der Waals surface area contributed by atoms with E-state index in [9.17, 15) is 5.11 Å². The van der Waals surface area contributed by atoms with Crippen LogP contribution < -0.4 is 5.73 Å². The molecule has 0 aliphatic carbocycles. The maximum Gasteiger partial charge on any atom is 0.104 e. The average Bonchev–Trinajstić information content (AvgIpc) is 2.46. The number of aryl methyl sites for hydroxylation is 1. The third kappa shape index (κ3) is 3.19. The number of benzene rings is 2. The maximum atomic E-state index is 10.2. The Kier molecular flexibility index (Phi) is 4.51. The summed E-state index contributed by atoms with van der Waals surface area (Å²) < 4.78 is 0. The van der Waals surface area contributed by atoms with Crippen LogP contribution in [0.5, 0.6) is 0 Å². The van der Waals surface area contributed by atoms with Crippen molar-refractivity contribution >= 4 is 0 Å². The first-order valence-electron chi connectivity index (χ1n) is 6.33. The van der Waals surface area contributed by atoms with E-state index >= 15 is 0 Å². The second kappa shape index (κ2) is 6.34. The van der Waals surface area contributed by atoms with E-state index in [1.807, 2.05) is 42.5 Å². The van der Waals surface area contributed by atoms with E-state index in [1.54, 1.807) is 0 Å². The van der Waals surface area contributed by atoms with Crippen molar-refractivity contribution in [2.45, 2.75) is 18.9 Å². The van der Waals surface area contributed by atoms with Gasteiger partial charge in [0.25, 0.3) is 0 Å². The Bertz CT molecular complexity index is 464. The Morgan fingerprint density at radius 3 is 2.11 bits per heavy atom. The summed E-state index contributed by atoms with van der Waals surface area (Å²) in [5, 5.41) is 10.2. The smallest absolute Gasteiger partial charge is 0.104 e. The Labute approximate surface area is 108 Å². The van der Waals surface area contributed by atoms with Gasteiger partial charge >= 0.3 is 0 Å².